The van der Waals surface area contributed by atoms with Gasteiger partial charge in [-0.2, -0.15) is 13.2 Å². The second kappa shape index (κ2) is 14.4. The molecule has 0 spiro atoms. The topological polar surface area (TPSA) is 180 Å². The summed E-state index contributed by atoms with van der Waals surface area (Å²) in [6.07, 6.45) is -4.94. The standard InChI is InChI=1S/C27H30N4O6S.C2HF3O2/c1-27(2,13-14-31-18-28-23-12-11-21(16-24(23)31)37-26(33)34)29-17-25(32)19-7-6-8-20(15-19)30-38(35,36)22-9-4-3-5-10-22;3-2(4,5)1(6)7/h3-12,15-16,18,25,29-30,32H,13-14,17H2,1-2H3,(H,33,34);(H,6,7)/t25-;/m0./s1. The predicted octanol–water partition coefficient (Wildman–Crippen LogP) is 5.02. The van der Waals surface area contributed by atoms with Crippen LogP contribution in [0.4, 0.5) is 23.7 Å². The molecule has 0 aliphatic carbocycles. The highest BCUT2D eigenvalue weighted by Gasteiger charge is 2.38. The van der Waals surface area contributed by atoms with E-state index >= 15 is 0 Å². The fourth-order valence-electron chi connectivity index (χ4n) is 3.98. The lowest BCUT2D eigenvalue weighted by atomic mass is 9.99. The van der Waals surface area contributed by atoms with E-state index in [1.165, 1.54) is 12.1 Å². The van der Waals surface area contributed by atoms with Gasteiger partial charge >= 0.3 is 18.3 Å². The summed E-state index contributed by atoms with van der Waals surface area (Å²) in [5.41, 5.74) is 2.07. The van der Waals surface area contributed by atoms with Gasteiger partial charge in [0.1, 0.15) is 5.75 Å². The average Bonchev–Trinajstić information content (AvgIpc) is 3.37. The lowest BCUT2D eigenvalue weighted by molar-refractivity contribution is -0.192. The zero-order chi connectivity index (χ0) is 33.4. The van der Waals surface area contributed by atoms with Gasteiger partial charge in [-0.3, -0.25) is 4.72 Å². The number of hydrogen-bond acceptors (Lipinski definition) is 8. The Labute approximate surface area is 256 Å². The summed E-state index contributed by atoms with van der Waals surface area (Å²) in [6.45, 7) is 4.88. The smallest absolute Gasteiger partial charge is 0.475 e. The van der Waals surface area contributed by atoms with Crippen molar-refractivity contribution < 1.29 is 51.2 Å². The molecule has 0 amide bonds. The number of sulfonamides is 1. The van der Waals surface area contributed by atoms with Crippen LogP contribution in [0, 0.1) is 0 Å². The summed E-state index contributed by atoms with van der Waals surface area (Å²) in [4.78, 5) is 24.3. The van der Waals surface area contributed by atoms with Gasteiger partial charge in [-0.1, -0.05) is 30.3 Å². The average molecular weight is 653 g/mol. The summed E-state index contributed by atoms with van der Waals surface area (Å²) >= 11 is 0. The quantitative estimate of drug-likeness (QED) is 0.109. The molecular weight excluding hydrogens is 621 g/mol. The van der Waals surface area contributed by atoms with Crippen molar-refractivity contribution in [2.45, 2.75) is 49.5 Å². The Bertz CT molecular complexity index is 1730. The Morgan fingerprint density at radius 3 is 2.29 bits per heavy atom. The molecule has 0 aliphatic rings. The number of β-amino-alcohol motifs (C(OH)–C–C–N with tert-alkyl or cyclic N) is 1. The fraction of sp³-hybridized carbons (Fsp3) is 0.276. The molecule has 1 heterocycles. The molecule has 4 aromatic rings. The highest BCUT2D eigenvalue weighted by atomic mass is 32.2. The number of aromatic nitrogens is 2. The summed E-state index contributed by atoms with van der Waals surface area (Å²) < 4.78 is 66.2. The summed E-state index contributed by atoms with van der Waals surface area (Å²) in [5.74, 6) is -2.53. The Hall–Kier alpha value is -4.67. The van der Waals surface area contributed by atoms with Crippen molar-refractivity contribution in [3.8, 4) is 5.75 Å². The van der Waals surface area contributed by atoms with Gasteiger partial charge in [-0.05, 0) is 62.2 Å². The number of aryl methyl sites for hydroxylation is 1. The fourth-order valence-corrected chi connectivity index (χ4v) is 5.05. The highest BCUT2D eigenvalue weighted by molar-refractivity contribution is 7.92. The number of benzene rings is 3. The molecule has 4 rings (SSSR count). The van der Waals surface area contributed by atoms with Gasteiger partial charge in [0, 0.05) is 30.4 Å². The second-order valence-corrected chi connectivity index (χ2v) is 12.0. The first kappa shape index (κ1) is 34.8. The van der Waals surface area contributed by atoms with E-state index in [2.05, 4.69) is 15.0 Å². The van der Waals surface area contributed by atoms with Gasteiger partial charge < -0.3 is 29.9 Å². The van der Waals surface area contributed by atoms with Crippen LogP contribution in [0.5, 0.6) is 5.75 Å². The van der Waals surface area contributed by atoms with Crippen molar-refractivity contribution >= 4 is 38.9 Å². The number of carboxylic acids is 1. The SMILES string of the molecule is CC(C)(CCn1cnc2ccc(OC(=O)O)cc21)NC[C@H](O)c1cccc(NS(=O)(=O)c2ccccc2)c1.O=C(O)C(F)(F)F. The first-order valence-electron chi connectivity index (χ1n) is 13.2. The maximum Gasteiger partial charge on any atom is 0.511 e. The van der Waals surface area contributed by atoms with Gasteiger partial charge in [-0.25, -0.2) is 23.0 Å². The van der Waals surface area contributed by atoms with Crippen LogP contribution in [0.15, 0.2) is 84.0 Å². The van der Waals surface area contributed by atoms with E-state index < -0.39 is 34.4 Å². The zero-order valence-corrected chi connectivity index (χ0v) is 24.8. The highest BCUT2D eigenvalue weighted by Crippen LogP contribution is 2.24. The molecule has 0 fully saturated rings. The molecule has 0 unspecified atom stereocenters. The summed E-state index contributed by atoms with van der Waals surface area (Å²) in [7, 11) is -3.74. The van der Waals surface area contributed by atoms with E-state index in [0.717, 1.165) is 11.0 Å². The number of rotatable bonds is 11. The van der Waals surface area contributed by atoms with Crippen molar-refractivity contribution in [1.82, 2.24) is 14.9 Å². The number of fused-ring (bicyclic) bond motifs is 1. The van der Waals surface area contributed by atoms with Gasteiger partial charge in [0.15, 0.2) is 0 Å². The molecule has 0 saturated heterocycles. The minimum atomic E-state index is -5.08. The zero-order valence-electron chi connectivity index (χ0n) is 24.0. The number of imidazole rings is 1. The third-order valence-corrected chi connectivity index (χ3v) is 7.77. The normalized spacial score (nSPS) is 12.6. The van der Waals surface area contributed by atoms with Crippen molar-refractivity contribution in [3.05, 3.63) is 84.7 Å². The molecule has 3 aromatic carbocycles. The second-order valence-electron chi connectivity index (χ2n) is 10.3. The number of halogens is 3. The monoisotopic (exact) mass is 652 g/mol. The van der Waals surface area contributed by atoms with E-state index in [0.29, 0.717) is 24.2 Å². The number of carbonyl (C=O) groups is 2. The third-order valence-electron chi connectivity index (χ3n) is 6.37. The molecule has 0 bridgehead atoms. The van der Waals surface area contributed by atoms with Crippen LogP contribution in [0.3, 0.4) is 0 Å². The van der Waals surface area contributed by atoms with Crippen LogP contribution in [0.25, 0.3) is 11.0 Å². The lowest BCUT2D eigenvalue weighted by Crippen LogP contribution is -2.42. The van der Waals surface area contributed by atoms with E-state index in [9.17, 15) is 31.5 Å². The lowest BCUT2D eigenvalue weighted by Gasteiger charge is -2.28. The number of alkyl halides is 3. The largest absolute Gasteiger partial charge is 0.511 e. The van der Waals surface area contributed by atoms with E-state index in [-0.39, 0.29) is 22.7 Å². The van der Waals surface area contributed by atoms with Crippen molar-refractivity contribution in [1.29, 1.82) is 0 Å². The van der Waals surface area contributed by atoms with Crippen LogP contribution in [0.2, 0.25) is 0 Å². The van der Waals surface area contributed by atoms with Crippen LogP contribution in [-0.4, -0.2) is 63.7 Å². The van der Waals surface area contributed by atoms with Gasteiger partial charge in [0.25, 0.3) is 10.0 Å². The molecular formula is C29H31F3N4O8S. The Morgan fingerprint density at radius 1 is 1.00 bits per heavy atom. The van der Waals surface area contributed by atoms with Crippen molar-refractivity contribution in [2.75, 3.05) is 11.3 Å². The molecule has 0 radical (unpaired) electrons. The number of anilines is 1. The minimum Gasteiger partial charge on any atom is -0.475 e. The molecule has 0 saturated carbocycles. The van der Waals surface area contributed by atoms with E-state index in [4.69, 9.17) is 19.7 Å². The van der Waals surface area contributed by atoms with Crippen LogP contribution in [-0.2, 0) is 21.4 Å². The molecule has 12 nitrogen and oxygen atoms in total. The Balaban J connectivity index is 0.000000707. The summed E-state index contributed by atoms with van der Waals surface area (Å²) in [5, 5.41) is 30.2. The first-order chi connectivity index (χ1) is 21.0. The molecule has 1 aromatic heterocycles. The number of nitrogens with zero attached hydrogens (tertiary/aromatic N) is 2. The molecule has 16 heteroatoms. The van der Waals surface area contributed by atoms with Gasteiger partial charge in [0.05, 0.1) is 28.4 Å². The number of ether oxygens (including phenoxy) is 1. The predicted molar refractivity (Wildman–Crippen MR) is 157 cm³/mol. The van der Waals surface area contributed by atoms with Gasteiger partial charge in [-0.15, -0.1) is 0 Å². The number of hydrogen-bond donors (Lipinski definition) is 5. The van der Waals surface area contributed by atoms with Crippen molar-refractivity contribution in [3.63, 3.8) is 0 Å². The number of aliphatic hydroxyl groups is 1. The Morgan fingerprint density at radius 2 is 1.67 bits per heavy atom. The minimum absolute atomic E-state index is 0.158. The molecule has 242 valence electrons. The molecule has 1 atom stereocenters. The van der Waals surface area contributed by atoms with Crippen LogP contribution < -0.4 is 14.8 Å². The van der Waals surface area contributed by atoms with Gasteiger partial charge in [0.2, 0.25) is 0 Å². The number of nitrogens with one attached hydrogen (secondary N) is 2. The number of aliphatic carboxylic acids is 1. The third kappa shape index (κ3) is 10.5. The van der Waals surface area contributed by atoms with Crippen molar-refractivity contribution in [2.24, 2.45) is 0 Å². The molecule has 0 aliphatic heterocycles. The van der Waals surface area contributed by atoms with Crippen LogP contribution >= 0.6 is 0 Å². The molecule has 45 heavy (non-hydrogen) atoms. The summed E-state index contributed by atoms with van der Waals surface area (Å²) in [6, 6.07) is 19.7. The van der Waals surface area contributed by atoms with Crippen LogP contribution in [0.1, 0.15) is 31.9 Å². The maximum atomic E-state index is 12.6. The van der Waals surface area contributed by atoms with E-state index in [1.807, 2.05) is 18.4 Å². The number of aliphatic hydroxyl groups excluding tert-OH is 1. The van der Waals surface area contributed by atoms with E-state index in [1.54, 1.807) is 67.0 Å². The number of carboxylic acid groups (broad SMARTS) is 2. The molecule has 5 N–H and O–H groups in total. The first-order valence-corrected chi connectivity index (χ1v) is 14.7. The maximum absolute atomic E-state index is 12.6. The Kier molecular flexibility index (Phi) is 11.1.